The van der Waals surface area contributed by atoms with Gasteiger partial charge in [-0.05, 0) is 48.7 Å². The summed E-state index contributed by atoms with van der Waals surface area (Å²) >= 11 is 0. The number of carbonyl (C=O) groups is 1. The molecular formula is C30H35F2N7O2. The van der Waals surface area contributed by atoms with Crippen LogP contribution in [-0.4, -0.2) is 69.2 Å². The summed E-state index contributed by atoms with van der Waals surface area (Å²) in [6, 6.07) is 7.56. The molecule has 3 atom stereocenters. The summed E-state index contributed by atoms with van der Waals surface area (Å²) in [5.41, 5.74) is 9.56. The van der Waals surface area contributed by atoms with Gasteiger partial charge < -0.3 is 20.3 Å². The molecule has 0 aliphatic carbocycles. The summed E-state index contributed by atoms with van der Waals surface area (Å²) in [5.74, 6) is -0.656. The number of aromatic nitrogens is 4. The zero-order chi connectivity index (χ0) is 29.3. The predicted molar refractivity (Wildman–Crippen MR) is 152 cm³/mol. The molecule has 0 saturated carbocycles. The summed E-state index contributed by atoms with van der Waals surface area (Å²) in [6.45, 7) is 7.36. The van der Waals surface area contributed by atoms with Crippen LogP contribution in [0, 0.1) is 17.6 Å². The van der Waals surface area contributed by atoms with E-state index in [9.17, 15) is 4.79 Å². The molecule has 0 bridgehead atoms. The van der Waals surface area contributed by atoms with Gasteiger partial charge in [0.1, 0.15) is 17.5 Å². The molecule has 1 aliphatic rings. The van der Waals surface area contributed by atoms with Crippen molar-refractivity contribution < 1.29 is 18.3 Å². The van der Waals surface area contributed by atoms with Gasteiger partial charge in [0.05, 0.1) is 35.6 Å². The number of benzene rings is 1. The van der Waals surface area contributed by atoms with Crippen molar-refractivity contribution in [1.82, 2.24) is 24.5 Å². The van der Waals surface area contributed by atoms with Crippen LogP contribution in [0.3, 0.4) is 0 Å². The number of amides is 1. The summed E-state index contributed by atoms with van der Waals surface area (Å²) in [4.78, 5) is 24.9. The fourth-order valence-electron chi connectivity index (χ4n) is 5.79. The van der Waals surface area contributed by atoms with Crippen molar-refractivity contribution in [3.8, 4) is 11.3 Å². The van der Waals surface area contributed by atoms with Crippen molar-refractivity contribution in [3.05, 3.63) is 77.5 Å². The fraction of sp³-hybridized carbons (Fsp3) is 0.400. The minimum Gasteiger partial charge on any atom is -0.377 e. The van der Waals surface area contributed by atoms with Gasteiger partial charge >= 0.3 is 0 Å². The monoisotopic (exact) mass is 563 g/mol. The third-order valence-electron chi connectivity index (χ3n) is 7.76. The van der Waals surface area contributed by atoms with E-state index in [0.717, 1.165) is 17.8 Å². The van der Waals surface area contributed by atoms with Gasteiger partial charge in [-0.3, -0.25) is 9.78 Å². The van der Waals surface area contributed by atoms with Crippen LogP contribution in [-0.2, 0) is 22.6 Å². The molecule has 1 fully saturated rings. The first kappa shape index (κ1) is 28.6. The van der Waals surface area contributed by atoms with Gasteiger partial charge in [0.2, 0.25) is 5.91 Å². The van der Waals surface area contributed by atoms with Crippen LogP contribution < -0.4 is 10.6 Å². The van der Waals surface area contributed by atoms with E-state index >= 15 is 8.78 Å². The Morgan fingerprint density at radius 1 is 1.17 bits per heavy atom. The number of hydrogen-bond donors (Lipinski definition) is 1. The van der Waals surface area contributed by atoms with Crippen molar-refractivity contribution in [2.45, 2.75) is 45.9 Å². The molecule has 4 aromatic rings. The maximum atomic E-state index is 15.0. The van der Waals surface area contributed by atoms with E-state index in [1.165, 1.54) is 12.1 Å². The summed E-state index contributed by atoms with van der Waals surface area (Å²) in [5, 5.41) is 4.58. The molecule has 1 saturated heterocycles. The number of hydrogen-bond acceptors (Lipinski definition) is 7. The second-order valence-corrected chi connectivity index (χ2v) is 10.6. The SMILES string of the molecule is CCOCc1cc(F)c(-c2ccc3cnc(Cc4cnccc4N4C[C@@H](N)[C@@H](N(C)C(C)=O)[C@@H](C)C4)n3n2)c(F)c1. The Balaban J connectivity index is 1.43. The molecule has 1 amide bonds. The summed E-state index contributed by atoms with van der Waals surface area (Å²) < 4.78 is 37.0. The van der Waals surface area contributed by atoms with Gasteiger partial charge in [0.25, 0.3) is 0 Å². The van der Waals surface area contributed by atoms with Crippen LogP contribution in [0.25, 0.3) is 16.8 Å². The lowest BCUT2D eigenvalue weighted by molar-refractivity contribution is -0.131. The topological polar surface area (TPSA) is 102 Å². The highest BCUT2D eigenvalue weighted by Gasteiger charge is 2.36. The van der Waals surface area contributed by atoms with Gasteiger partial charge in [-0.25, -0.2) is 18.3 Å². The number of ether oxygens (including phenoxy) is 1. The first-order valence-electron chi connectivity index (χ1n) is 13.7. The van der Waals surface area contributed by atoms with Gasteiger partial charge in [-0.2, -0.15) is 5.10 Å². The van der Waals surface area contributed by atoms with Crippen molar-refractivity contribution in [2.24, 2.45) is 11.7 Å². The van der Waals surface area contributed by atoms with Crippen molar-refractivity contribution in [1.29, 1.82) is 0 Å². The molecule has 216 valence electrons. The van der Waals surface area contributed by atoms with E-state index in [4.69, 9.17) is 10.5 Å². The molecule has 0 spiro atoms. The minimum absolute atomic E-state index is 0.00498. The number of rotatable bonds is 8. The number of fused-ring (bicyclic) bond motifs is 1. The van der Waals surface area contributed by atoms with E-state index < -0.39 is 11.6 Å². The lowest BCUT2D eigenvalue weighted by Crippen LogP contribution is -2.62. The van der Waals surface area contributed by atoms with Crippen LogP contribution in [0.2, 0.25) is 0 Å². The van der Waals surface area contributed by atoms with Gasteiger partial charge in [0.15, 0.2) is 0 Å². The second-order valence-electron chi connectivity index (χ2n) is 10.6. The second kappa shape index (κ2) is 11.9. The Bertz CT molecular complexity index is 1520. The molecule has 1 aliphatic heterocycles. The van der Waals surface area contributed by atoms with Crippen LogP contribution in [0.1, 0.15) is 37.7 Å². The van der Waals surface area contributed by atoms with E-state index in [0.29, 0.717) is 36.5 Å². The Kier molecular flexibility index (Phi) is 8.27. The van der Waals surface area contributed by atoms with E-state index in [1.54, 1.807) is 54.1 Å². The van der Waals surface area contributed by atoms with Gasteiger partial charge in [-0.15, -0.1) is 0 Å². The van der Waals surface area contributed by atoms with Crippen LogP contribution in [0.15, 0.2) is 48.9 Å². The molecule has 3 aromatic heterocycles. The van der Waals surface area contributed by atoms with Crippen LogP contribution in [0.5, 0.6) is 0 Å². The fourth-order valence-corrected chi connectivity index (χ4v) is 5.79. The smallest absolute Gasteiger partial charge is 0.219 e. The van der Waals surface area contributed by atoms with Crippen LogP contribution in [0.4, 0.5) is 14.5 Å². The van der Waals surface area contributed by atoms with Gasteiger partial charge in [0, 0.05) is 69.8 Å². The number of nitrogens with two attached hydrogens (primary N) is 1. The quantitative estimate of drug-likeness (QED) is 0.348. The number of likely N-dealkylation sites (N-methyl/N-ethyl adjacent to an activating group) is 1. The largest absolute Gasteiger partial charge is 0.377 e. The summed E-state index contributed by atoms with van der Waals surface area (Å²) in [6.07, 6.45) is 5.61. The first-order chi connectivity index (χ1) is 19.7. The Hall–Kier alpha value is -3.96. The molecule has 41 heavy (non-hydrogen) atoms. The molecule has 0 unspecified atom stereocenters. The van der Waals surface area contributed by atoms with Gasteiger partial charge in [-0.1, -0.05) is 6.92 Å². The number of anilines is 1. The third-order valence-corrected chi connectivity index (χ3v) is 7.76. The number of nitrogens with zero attached hydrogens (tertiary/aromatic N) is 6. The molecule has 5 rings (SSSR count). The lowest BCUT2D eigenvalue weighted by atomic mass is 9.88. The molecule has 0 radical (unpaired) electrons. The molecule has 1 aromatic carbocycles. The Morgan fingerprint density at radius 3 is 2.61 bits per heavy atom. The predicted octanol–water partition coefficient (Wildman–Crippen LogP) is 3.83. The lowest BCUT2D eigenvalue weighted by Gasteiger charge is -2.46. The maximum absolute atomic E-state index is 15.0. The molecule has 2 N–H and O–H groups in total. The summed E-state index contributed by atoms with van der Waals surface area (Å²) in [7, 11) is 1.80. The Labute approximate surface area is 237 Å². The molecule has 11 heteroatoms. The van der Waals surface area contributed by atoms with E-state index in [1.807, 2.05) is 13.0 Å². The highest BCUT2D eigenvalue weighted by Crippen LogP contribution is 2.30. The molecular weight excluding hydrogens is 528 g/mol. The minimum atomic E-state index is -0.702. The van der Waals surface area contributed by atoms with Crippen molar-refractivity contribution >= 4 is 17.1 Å². The highest BCUT2D eigenvalue weighted by atomic mass is 19.1. The average Bonchev–Trinajstić information content (AvgIpc) is 3.33. The zero-order valence-corrected chi connectivity index (χ0v) is 23.7. The van der Waals surface area contributed by atoms with E-state index in [-0.39, 0.29) is 41.8 Å². The average molecular weight is 564 g/mol. The van der Waals surface area contributed by atoms with Crippen molar-refractivity contribution in [2.75, 3.05) is 31.6 Å². The number of imidazole rings is 1. The number of pyridine rings is 1. The highest BCUT2D eigenvalue weighted by molar-refractivity contribution is 5.73. The first-order valence-corrected chi connectivity index (χ1v) is 13.7. The zero-order valence-electron chi connectivity index (χ0n) is 23.7. The molecule has 4 heterocycles. The van der Waals surface area contributed by atoms with Crippen molar-refractivity contribution in [3.63, 3.8) is 0 Å². The number of halogens is 2. The van der Waals surface area contributed by atoms with E-state index in [2.05, 4.69) is 26.9 Å². The number of piperidine rings is 1. The standard InChI is InChI=1S/C30H35F2N7O2/c1-5-41-17-20-10-23(31)29(24(32)11-20)26-7-6-22-14-35-28(39(22)36-26)12-21-13-34-9-8-27(21)38-15-18(2)30(25(33)16-38)37(4)19(3)40/h6-11,13-14,18,25,30H,5,12,15-17,33H2,1-4H3/t18-,25+,30-/m0/s1. The maximum Gasteiger partial charge on any atom is 0.219 e. The third kappa shape index (κ3) is 5.77. The normalized spacial score (nSPS) is 19.1. The molecule has 9 nitrogen and oxygen atoms in total. The Morgan fingerprint density at radius 2 is 1.93 bits per heavy atom. The number of carbonyl (C=O) groups excluding carboxylic acids is 1. The van der Waals surface area contributed by atoms with Crippen LogP contribution >= 0.6 is 0 Å².